The largest absolute Gasteiger partial charge is 0.353 e. The highest BCUT2D eigenvalue weighted by atomic mass is 35.9. The van der Waals surface area contributed by atoms with Gasteiger partial charge in [-0.25, -0.2) is 0 Å². The quantitative estimate of drug-likeness (QED) is 0.665. The maximum absolute atomic E-state index is 13.1. The van der Waals surface area contributed by atoms with E-state index >= 15 is 0 Å². The predicted molar refractivity (Wildman–Crippen MR) is 94.2 cm³/mol. The van der Waals surface area contributed by atoms with Crippen LogP contribution in [-0.2, 0) is 9.36 Å². The van der Waals surface area contributed by atoms with Crippen LogP contribution >= 0.6 is 28.3 Å². The molecule has 5 fully saturated rings. The molecule has 23 heavy (non-hydrogen) atoms. The Labute approximate surface area is 148 Å². The molecule has 130 valence electrons. The third kappa shape index (κ3) is 2.79. The summed E-state index contributed by atoms with van der Waals surface area (Å²) in [5.74, 6) is -2.08. The first-order chi connectivity index (χ1) is 10.8. The maximum atomic E-state index is 13.1. The van der Waals surface area contributed by atoms with Gasteiger partial charge in [-0.1, -0.05) is 19.3 Å². The summed E-state index contributed by atoms with van der Waals surface area (Å²) < 4.78 is 12.6. The molecule has 2 atom stereocenters. The molecule has 0 heterocycles. The fourth-order valence-corrected chi connectivity index (χ4v) is 8.98. The van der Waals surface area contributed by atoms with E-state index in [2.05, 4.69) is 5.32 Å². The van der Waals surface area contributed by atoms with Crippen LogP contribution in [0.3, 0.4) is 0 Å². The molecule has 0 aromatic heterocycles. The minimum absolute atomic E-state index is 0.199. The molecule has 2 unspecified atom stereocenters. The van der Waals surface area contributed by atoms with Gasteiger partial charge in [-0.05, 0) is 85.7 Å². The number of carbonyl (C=O) groups excluding carboxylic acids is 1. The predicted octanol–water partition coefficient (Wildman–Crippen LogP) is 5.45. The van der Waals surface area contributed by atoms with Gasteiger partial charge >= 0.3 is 0 Å². The van der Waals surface area contributed by atoms with E-state index in [1.807, 2.05) is 0 Å². The van der Waals surface area contributed by atoms with Crippen molar-refractivity contribution in [3.63, 3.8) is 0 Å². The molecule has 0 aliphatic heterocycles. The molecule has 0 saturated heterocycles. The first-order valence-corrected chi connectivity index (χ1v) is 12.6. The van der Waals surface area contributed by atoms with Gasteiger partial charge in [0.2, 0.25) is 5.91 Å². The molecule has 5 rings (SSSR count). The lowest BCUT2D eigenvalue weighted by molar-refractivity contribution is -0.145. The highest BCUT2D eigenvalue weighted by Crippen LogP contribution is 2.79. The molecule has 5 aliphatic rings. The highest BCUT2D eigenvalue weighted by molar-refractivity contribution is 8.09. The molecular formula is C17H26Cl2NO2P. The highest BCUT2D eigenvalue weighted by Gasteiger charge is 2.65. The molecule has 6 heteroatoms. The van der Waals surface area contributed by atoms with Gasteiger partial charge in [-0.15, -0.1) is 0 Å². The second kappa shape index (κ2) is 5.64. The minimum Gasteiger partial charge on any atom is -0.353 e. The lowest BCUT2D eigenvalue weighted by Gasteiger charge is -2.61. The zero-order chi connectivity index (χ0) is 16.3. The van der Waals surface area contributed by atoms with Gasteiger partial charge in [0.25, 0.3) is 5.85 Å². The van der Waals surface area contributed by atoms with E-state index in [0.29, 0.717) is 24.3 Å². The van der Waals surface area contributed by atoms with Crippen molar-refractivity contribution in [1.29, 1.82) is 0 Å². The summed E-state index contributed by atoms with van der Waals surface area (Å²) >= 11 is 12.4. The summed E-state index contributed by atoms with van der Waals surface area (Å²) in [5, 5.41) is 2.83. The number of nitrogens with one attached hydrogen (secondary N) is 1. The molecule has 0 aromatic carbocycles. The number of hydrogen-bond donors (Lipinski definition) is 1. The van der Waals surface area contributed by atoms with E-state index in [-0.39, 0.29) is 11.3 Å². The zero-order valence-electron chi connectivity index (χ0n) is 13.5. The molecule has 4 bridgehead atoms. The van der Waals surface area contributed by atoms with E-state index in [1.54, 1.807) is 0 Å². The average Bonchev–Trinajstić information content (AvgIpc) is 2.45. The second-order valence-corrected chi connectivity index (χ2v) is 14.0. The molecular weight excluding hydrogens is 352 g/mol. The fraction of sp³-hybridized carbons (Fsp3) is 0.941. The van der Waals surface area contributed by atoms with Crippen molar-refractivity contribution < 1.29 is 9.36 Å². The number of hydrogen-bond acceptors (Lipinski definition) is 2. The van der Waals surface area contributed by atoms with E-state index < -0.39 is 11.0 Å². The van der Waals surface area contributed by atoms with Crippen molar-refractivity contribution in [3.8, 4) is 0 Å². The summed E-state index contributed by atoms with van der Waals surface area (Å²) in [6.07, 6.45) is 11.3. The average molecular weight is 378 g/mol. The third-order valence-electron chi connectivity index (χ3n) is 7.00. The Bertz CT molecular complexity index is 541. The minimum atomic E-state index is -3.23. The van der Waals surface area contributed by atoms with Crippen molar-refractivity contribution in [3.05, 3.63) is 0 Å². The maximum Gasteiger partial charge on any atom is 0.259 e. The number of rotatable bonds is 3. The first kappa shape index (κ1) is 16.7. The molecule has 0 spiro atoms. The van der Waals surface area contributed by atoms with Crippen LogP contribution in [0.5, 0.6) is 0 Å². The molecule has 5 saturated carbocycles. The van der Waals surface area contributed by atoms with E-state index in [1.165, 1.54) is 19.3 Å². The summed E-state index contributed by atoms with van der Waals surface area (Å²) in [5.41, 5.74) is -0.360. The van der Waals surface area contributed by atoms with Crippen LogP contribution in [0.1, 0.15) is 70.6 Å². The first-order valence-electron chi connectivity index (χ1n) is 9.12. The Morgan fingerprint density at radius 3 is 2.17 bits per heavy atom. The smallest absolute Gasteiger partial charge is 0.259 e. The number of carbonyl (C=O) groups is 1. The normalized spacial score (nSPS) is 43.6. The Morgan fingerprint density at radius 2 is 1.61 bits per heavy atom. The van der Waals surface area contributed by atoms with Crippen molar-refractivity contribution >= 4 is 34.2 Å². The molecule has 0 aromatic rings. The zero-order valence-corrected chi connectivity index (χ0v) is 15.9. The van der Waals surface area contributed by atoms with E-state index in [9.17, 15) is 9.36 Å². The topological polar surface area (TPSA) is 46.2 Å². The summed E-state index contributed by atoms with van der Waals surface area (Å²) in [4.78, 5) is 13.1. The van der Waals surface area contributed by atoms with Crippen molar-refractivity contribution in [2.75, 3.05) is 0 Å². The van der Waals surface area contributed by atoms with Crippen molar-refractivity contribution in [1.82, 2.24) is 5.32 Å². The van der Waals surface area contributed by atoms with Crippen LogP contribution in [0.15, 0.2) is 0 Å². The molecule has 3 nitrogen and oxygen atoms in total. The van der Waals surface area contributed by atoms with Crippen LogP contribution in [0.2, 0.25) is 0 Å². The third-order valence-corrected chi connectivity index (χ3v) is 10.8. The summed E-state index contributed by atoms with van der Waals surface area (Å²) in [7, 11) is 0. The van der Waals surface area contributed by atoms with Crippen LogP contribution in [0, 0.1) is 17.3 Å². The molecule has 1 N–H and O–H groups in total. The number of amides is 1. The standard InChI is InChI=1S/C17H26Cl2NO2P/c18-23(19,22)17-9-12-6-13(10-17)8-16(7-12,11-17)15(21)20-14-4-2-1-3-5-14/h12-14H,1-11H2,(H,20,21). The van der Waals surface area contributed by atoms with Gasteiger partial charge < -0.3 is 5.32 Å². The summed E-state index contributed by atoms with van der Waals surface area (Å²) in [6.45, 7) is 0. The number of halogens is 2. The SMILES string of the molecule is O=C(NC1CCCCC1)C12CC3CC(C1)CC(P(=O)(Cl)Cl)(C3)C2. The summed E-state index contributed by atoms with van der Waals surface area (Å²) in [6, 6.07) is 0.332. The lowest BCUT2D eigenvalue weighted by atomic mass is 9.49. The van der Waals surface area contributed by atoms with Gasteiger partial charge in [-0.2, -0.15) is 0 Å². The van der Waals surface area contributed by atoms with Crippen LogP contribution in [0.4, 0.5) is 0 Å². The van der Waals surface area contributed by atoms with Gasteiger partial charge in [-0.3, -0.25) is 9.36 Å². The molecule has 5 aliphatic carbocycles. The Balaban J connectivity index is 1.57. The van der Waals surface area contributed by atoms with Crippen LogP contribution in [-0.4, -0.2) is 17.1 Å². The Kier molecular flexibility index (Phi) is 4.11. The van der Waals surface area contributed by atoms with E-state index in [4.69, 9.17) is 22.5 Å². The van der Waals surface area contributed by atoms with Gasteiger partial charge in [0.1, 0.15) is 0 Å². The Morgan fingerprint density at radius 1 is 1.00 bits per heavy atom. The van der Waals surface area contributed by atoms with Gasteiger partial charge in [0, 0.05) is 6.04 Å². The Hall–Kier alpha value is 0.280. The molecule has 0 radical (unpaired) electrons. The van der Waals surface area contributed by atoms with Crippen LogP contribution in [0.25, 0.3) is 0 Å². The fourth-order valence-electron chi connectivity index (χ4n) is 6.37. The monoisotopic (exact) mass is 377 g/mol. The lowest BCUT2D eigenvalue weighted by Crippen LogP contribution is -2.60. The second-order valence-electron chi connectivity index (χ2n) is 8.74. The van der Waals surface area contributed by atoms with Gasteiger partial charge in [0.15, 0.2) is 0 Å². The molecule has 1 amide bonds. The van der Waals surface area contributed by atoms with E-state index in [0.717, 1.165) is 44.9 Å². The van der Waals surface area contributed by atoms with Crippen molar-refractivity contribution in [2.24, 2.45) is 17.3 Å². The van der Waals surface area contributed by atoms with Crippen molar-refractivity contribution in [2.45, 2.75) is 81.8 Å². The van der Waals surface area contributed by atoms with Crippen LogP contribution < -0.4 is 5.32 Å². The van der Waals surface area contributed by atoms with Gasteiger partial charge in [0.05, 0.1) is 10.6 Å².